The Morgan fingerprint density at radius 1 is 0.977 bits per heavy atom. The molecule has 3 aromatic carbocycles. The van der Waals surface area contributed by atoms with Gasteiger partial charge in [-0.1, -0.05) is 72.4 Å². The largest absolute Gasteiger partial charge is 0.497 e. The number of ether oxygens (including phenoxy) is 1. The maximum absolute atomic E-state index is 13.1. The Labute approximate surface area is 262 Å². The Kier molecular flexibility index (Phi) is 10.4. The lowest BCUT2D eigenvalue weighted by molar-refractivity contribution is -0.142. The van der Waals surface area contributed by atoms with Crippen LogP contribution in [0, 0.1) is 0 Å². The third kappa shape index (κ3) is 7.58. The van der Waals surface area contributed by atoms with Crippen LogP contribution in [-0.2, 0) is 16.0 Å². The first-order valence-electron chi connectivity index (χ1n) is 14.5. The molecule has 224 valence electrons. The van der Waals surface area contributed by atoms with Crippen molar-refractivity contribution in [3.63, 3.8) is 0 Å². The fourth-order valence-corrected chi connectivity index (χ4v) is 6.42. The molecule has 0 N–H and O–H groups in total. The number of amides is 2. The van der Waals surface area contributed by atoms with Crippen molar-refractivity contribution in [3.05, 3.63) is 102 Å². The highest BCUT2D eigenvalue weighted by molar-refractivity contribution is 7.99. The predicted molar refractivity (Wildman–Crippen MR) is 170 cm³/mol. The van der Waals surface area contributed by atoms with Gasteiger partial charge in [0.1, 0.15) is 17.0 Å². The highest BCUT2D eigenvalue weighted by Crippen LogP contribution is 2.27. The second-order valence-electron chi connectivity index (χ2n) is 10.5. The smallest absolute Gasteiger partial charge is 0.245 e. The summed E-state index contributed by atoms with van der Waals surface area (Å²) in [7, 11) is 1.65. The molecule has 1 saturated heterocycles. The minimum atomic E-state index is -0.726. The summed E-state index contributed by atoms with van der Waals surface area (Å²) >= 11 is 8.10. The first-order valence-corrected chi connectivity index (χ1v) is 15.9. The summed E-state index contributed by atoms with van der Waals surface area (Å²) in [6, 6.07) is 27.4. The number of thioether (sulfide) groups is 1. The number of aromatic nitrogens is 3. The van der Waals surface area contributed by atoms with Crippen LogP contribution in [0.2, 0.25) is 0 Å². The van der Waals surface area contributed by atoms with Crippen LogP contribution in [0.25, 0.3) is 5.69 Å². The molecule has 0 aliphatic carbocycles. The molecule has 2 amide bonds. The van der Waals surface area contributed by atoms with Crippen LogP contribution in [0.4, 0.5) is 0 Å². The van der Waals surface area contributed by atoms with Gasteiger partial charge in [-0.2, -0.15) is 0 Å². The lowest BCUT2D eigenvalue weighted by Gasteiger charge is -2.40. The molecular weight excluding hydrogens is 582 g/mol. The Hall–Kier alpha value is -3.82. The predicted octanol–water partition coefficient (Wildman–Crippen LogP) is 5.78. The number of alkyl halides is 1. The molecule has 43 heavy (non-hydrogen) atoms. The van der Waals surface area contributed by atoms with Gasteiger partial charge in [0.25, 0.3) is 0 Å². The van der Waals surface area contributed by atoms with Gasteiger partial charge in [-0.25, -0.2) is 0 Å². The van der Waals surface area contributed by atoms with Gasteiger partial charge in [-0.15, -0.1) is 21.8 Å². The second-order valence-corrected chi connectivity index (χ2v) is 12.0. The molecule has 1 aliphatic heterocycles. The average molecular weight is 618 g/mol. The maximum Gasteiger partial charge on any atom is 0.245 e. The molecule has 0 bridgehead atoms. The quantitative estimate of drug-likeness (QED) is 0.121. The van der Waals surface area contributed by atoms with E-state index in [1.54, 1.807) is 23.8 Å². The van der Waals surface area contributed by atoms with Crippen LogP contribution < -0.4 is 4.74 Å². The van der Waals surface area contributed by atoms with Crippen molar-refractivity contribution >= 4 is 35.2 Å². The molecule has 4 aromatic rings. The minimum absolute atomic E-state index is 0.101. The van der Waals surface area contributed by atoms with Gasteiger partial charge in [0, 0.05) is 50.0 Å². The van der Waals surface area contributed by atoms with Gasteiger partial charge in [0.05, 0.1) is 7.11 Å². The molecule has 1 aliphatic rings. The van der Waals surface area contributed by atoms with E-state index in [2.05, 4.69) is 26.9 Å². The van der Waals surface area contributed by atoms with Gasteiger partial charge in [-0.3, -0.25) is 14.2 Å². The summed E-state index contributed by atoms with van der Waals surface area (Å²) in [4.78, 5) is 29.8. The average Bonchev–Trinajstić information content (AvgIpc) is 3.45. The lowest BCUT2D eigenvalue weighted by Crippen LogP contribution is -2.56. The van der Waals surface area contributed by atoms with Crippen molar-refractivity contribution in [1.82, 2.24) is 24.6 Å². The SMILES string of the molecule is COc1ccc(-n2c(Cc3ccccc3)nnc2SCCCC(=O)N2CCN(C(=O)C(Cl)c3ccccc3)C(C)C2)cc1. The van der Waals surface area contributed by atoms with E-state index in [0.717, 1.165) is 39.3 Å². The monoisotopic (exact) mass is 617 g/mol. The van der Waals surface area contributed by atoms with E-state index >= 15 is 0 Å². The van der Waals surface area contributed by atoms with Crippen LogP contribution in [-0.4, -0.2) is 74.9 Å². The molecule has 10 heteroatoms. The number of carbonyl (C=O) groups excluding carboxylic acids is 2. The zero-order valence-electron chi connectivity index (χ0n) is 24.4. The summed E-state index contributed by atoms with van der Waals surface area (Å²) in [6.07, 6.45) is 1.79. The van der Waals surface area contributed by atoms with Crippen molar-refractivity contribution in [2.45, 2.75) is 42.8 Å². The molecule has 2 atom stereocenters. The summed E-state index contributed by atoms with van der Waals surface area (Å²) in [5.41, 5.74) is 2.90. The summed E-state index contributed by atoms with van der Waals surface area (Å²) in [5.74, 6) is 2.35. The number of halogens is 1. The molecule has 2 heterocycles. The topological polar surface area (TPSA) is 80.6 Å². The molecule has 0 saturated carbocycles. The molecule has 5 rings (SSSR count). The number of rotatable bonds is 11. The third-order valence-electron chi connectivity index (χ3n) is 7.57. The lowest BCUT2D eigenvalue weighted by atomic mass is 10.1. The molecule has 2 unspecified atom stereocenters. The number of nitrogens with zero attached hydrogens (tertiary/aromatic N) is 5. The number of methoxy groups -OCH3 is 1. The molecule has 0 spiro atoms. The number of carbonyl (C=O) groups is 2. The number of benzene rings is 3. The molecule has 1 fully saturated rings. The van der Waals surface area contributed by atoms with Crippen LogP contribution in [0.5, 0.6) is 5.75 Å². The second kappa shape index (κ2) is 14.6. The zero-order chi connectivity index (χ0) is 30.2. The fraction of sp³-hybridized carbons (Fsp3) is 0.333. The highest BCUT2D eigenvalue weighted by atomic mass is 35.5. The normalized spacial score (nSPS) is 15.7. The van der Waals surface area contributed by atoms with Gasteiger partial charge < -0.3 is 14.5 Å². The van der Waals surface area contributed by atoms with Crippen molar-refractivity contribution in [2.24, 2.45) is 0 Å². The Bertz CT molecular complexity index is 1500. The Morgan fingerprint density at radius 2 is 1.67 bits per heavy atom. The number of hydrogen-bond donors (Lipinski definition) is 0. The summed E-state index contributed by atoms with van der Waals surface area (Å²) < 4.78 is 7.42. The van der Waals surface area contributed by atoms with Crippen molar-refractivity contribution < 1.29 is 14.3 Å². The fourth-order valence-electron chi connectivity index (χ4n) is 5.24. The zero-order valence-corrected chi connectivity index (χ0v) is 26.0. The van der Waals surface area contributed by atoms with Crippen LogP contribution in [0.1, 0.15) is 42.1 Å². The molecule has 8 nitrogen and oxygen atoms in total. The number of hydrogen-bond acceptors (Lipinski definition) is 6. The van der Waals surface area contributed by atoms with E-state index in [9.17, 15) is 9.59 Å². The van der Waals surface area contributed by atoms with Crippen molar-refractivity contribution in [1.29, 1.82) is 0 Å². The van der Waals surface area contributed by atoms with E-state index in [1.807, 2.05) is 84.6 Å². The van der Waals surface area contributed by atoms with Gasteiger partial charge >= 0.3 is 0 Å². The summed E-state index contributed by atoms with van der Waals surface area (Å²) in [6.45, 7) is 3.46. The van der Waals surface area contributed by atoms with E-state index in [0.29, 0.717) is 38.9 Å². The maximum atomic E-state index is 13.1. The summed E-state index contributed by atoms with van der Waals surface area (Å²) in [5, 5.41) is 9.10. The molecule has 0 radical (unpaired) electrons. The molecular formula is C33H36ClN5O3S. The van der Waals surface area contributed by atoms with Gasteiger partial charge in [0.15, 0.2) is 5.16 Å². The first kappa shape index (κ1) is 30.6. The van der Waals surface area contributed by atoms with Crippen LogP contribution >= 0.6 is 23.4 Å². The van der Waals surface area contributed by atoms with E-state index < -0.39 is 5.38 Å². The highest BCUT2D eigenvalue weighted by Gasteiger charge is 2.33. The van der Waals surface area contributed by atoms with Crippen LogP contribution in [0.3, 0.4) is 0 Å². The molecule has 1 aromatic heterocycles. The Balaban J connectivity index is 1.16. The standard InChI is InChI=1S/C33H36ClN5O3S/c1-24-23-37(19-20-38(24)32(41)31(34)26-12-7-4-8-13-26)30(40)14-9-21-43-33-36-35-29(22-25-10-5-3-6-11-25)39(33)27-15-17-28(42-2)18-16-27/h3-8,10-13,15-18,24,31H,9,14,19-23H2,1-2H3. The van der Waals surface area contributed by atoms with Crippen molar-refractivity contribution in [3.8, 4) is 11.4 Å². The van der Waals surface area contributed by atoms with Gasteiger partial charge in [-0.05, 0) is 48.7 Å². The first-order chi connectivity index (χ1) is 20.9. The van der Waals surface area contributed by atoms with E-state index in [1.165, 1.54) is 0 Å². The number of piperazine rings is 1. The van der Waals surface area contributed by atoms with E-state index in [4.69, 9.17) is 16.3 Å². The van der Waals surface area contributed by atoms with E-state index in [-0.39, 0.29) is 17.9 Å². The van der Waals surface area contributed by atoms with Crippen LogP contribution in [0.15, 0.2) is 90.1 Å². The van der Waals surface area contributed by atoms with Crippen molar-refractivity contribution in [2.75, 3.05) is 32.5 Å². The van der Waals surface area contributed by atoms with Gasteiger partial charge in [0.2, 0.25) is 11.8 Å². The third-order valence-corrected chi connectivity index (χ3v) is 9.03. The Morgan fingerprint density at radius 3 is 2.35 bits per heavy atom. The minimum Gasteiger partial charge on any atom is -0.497 e.